The predicted molar refractivity (Wildman–Crippen MR) is 73.7 cm³/mol. The van der Waals surface area contributed by atoms with E-state index in [0.29, 0.717) is 0 Å². The number of hydrogen-bond donors (Lipinski definition) is 0. The third-order valence-electron chi connectivity index (χ3n) is 3.18. The molecule has 0 aliphatic rings. The number of carbonyl (C=O) groups excluding carboxylic acids is 1. The quantitative estimate of drug-likeness (QED) is 0.804. The van der Waals surface area contributed by atoms with Crippen molar-refractivity contribution in [1.82, 2.24) is 0 Å². The Balaban J connectivity index is 2.62. The number of halogens is 1. The summed E-state index contributed by atoms with van der Waals surface area (Å²) < 4.78 is 19.4. The molecule has 0 spiro atoms. The van der Waals surface area contributed by atoms with Crippen LogP contribution in [0.15, 0.2) is 36.4 Å². The van der Waals surface area contributed by atoms with Crippen LogP contribution in [0.25, 0.3) is 10.8 Å². The fraction of sp³-hybridized carbons (Fsp3) is 0.250. The summed E-state index contributed by atoms with van der Waals surface area (Å²) in [5.74, 6) is -1.17. The maximum Gasteiger partial charge on any atom is 0.363 e. The highest BCUT2D eigenvalue weighted by atomic mass is 19.1. The normalized spacial score (nSPS) is 13.5. The lowest BCUT2D eigenvalue weighted by Crippen LogP contribution is -2.31. The van der Waals surface area contributed by atoms with Crippen molar-refractivity contribution in [3.8, 4) is 6.07 Å². The maximum absolute atomic E-state index is 14.7. The number of nitrogens with zero attached hydrogens (tertiary/aromatic N) is 1. The molecule has 3 nitrogen and oxygen atoms in total. The number of carbonyl (C=O) groups is 1. The third kappa shape index (κ3) is 2.23. The molecule has 0 aliphatic heterocycles. The van der Waals surface area contributed by atoms with E-state index < -0.39 is 11.6 Å². The zero-order valence-electron chi connectivity index (χ0n) is 11.3. The lowest BCUT2D eigenvalue weighted by molar-refractivity contribution is -0.154. The summed E-state index contributed by atoms with van der Waals surface area (Å²) in [5, 5.41) is 10.8. The van der Waals surface area contributed by atoms with Gasteiger partial charge in [-0.05, 0) is 36.2 Å². The average molecular weight is 271 g/mol. The van der Waals surface area contributed by atoms with Crippen molar-refractivity contribution in [2.45, 2.75) is 19.5 Å². The summed E-state index contributed by atoms with van der Waals surface area (Å²) in [4.78, 5) is 11.7. The van der Waals surface area contributed by atoms with E-state index in [1.165, 1.54) is 18.2 Å². The van der Waals surface area contributed by atoms with Crippen LogP contribution in [0.2, 0.25) is 0 Å². The van der Waals surface area contributed by atoms with Gasteiger partial charge in [-0.3, -0.25) is 0 Å². The summed E-state index contributed by atoms with van der Waals surface area (Å²) in [5.41, 5.74) is -1.96. The zero-order chi connectivity index (χ0) is 14.8. The van der Waals surface area contributed by atoms with Crippen LogP contribution in [0.1, 0.15) is 18.1 Å². The topological polar surface area (TPSA) is 50.1 Å². The number of benzene rings is 2. The van der Waals surface area contributed by atoms with E-state index in [1.54, 1.807) is 6.92 Å². The molecule has 0 bridgehead atoms. The van der Waals surface area contributed by atoms with E-state index in [1.807, 2.05) is 31.2 Å². The monoisotopic (exact) mass is 271 g/mol. The van der Waals surface area contributed by atoms with Gasteiger partial charge in [0.15, 0.2) is 0 Å². The van der Waals surface area contributed by atoms with Crippen LogP contribution in [-0.4, -0.2) is 12.6 Å². The van der Waals surface area contributed by atoms with Crippen LogP contribution in [-0.2, 0) is 15.2 Å². The van der Waals surface area contributed by atoms with Crippen LogP contribution >= 0.6 is 0 Å². The lowest BCUT2D eigenvalue weighted by Gasteiger charge is -2.17. The van der Waals surface area contributed by atoms with Gasteiger partial charge in [0.1, 0.15) is 6.07 Å². The molecule has 102 valence electrons. The highest BCUT2D eigenvalue weighted by molar-refractivity contribution is 5.90. The van der Waals surface area contributed by atoms with Gasteiger partial charge < -0.3 is 4.74 Å². The first kappa shape index (κ1) is 14.0. The Labute approximate surface area is 116 Å². The van der Waals surface area contributed by atoms with Crippen molar-refractivity contribution in [2.24, 2.45) is 0 Å². The zero-order valence-corrected chi connectivity index (χ0v) is 11.3. The van der Waals surface area contributed by atoms with Crippen molar-refractivity contribution in [2.75, 3.05) is 6.61 Å². The fourth-order valence-electron chi connectivity index (χ4n) is 2.16. The van der Waals surface area contributed by atoms with E-state index in [0.717, 1.165) is 16.3 Å². The number of esters is 1. The van der Waals surface area contributed by atoms with Crippen LogP contribution in [0, 0.1) is 18.3 Å². The molecule has 0 fully saturated rings. The predicted octanol–water partition coefficient (Wildman–Crippen LogP) is 3.40. The number of rotatable bonds is 3. The first-order valence-corrected chi connectivity index (χ1v) is 6.30. The van der Waals surface area contributed by atoms with E-state index in [4.69, 9.17) is 5.26 Å². The van der Waals surface area contributed by atoms with Gasteiger partial charge in [0, 0.05) is 5.56 Å². The largest absolute Gasteiger partial charge is 0.463 e. The summed E-state index contributed by atoms with van der Waals surface area (Å²) in [6.07, 6.45) is 0. The van der Waals surface area contributed by atoms with Crippen LogP contribution in [0.4, 0.5) is 4.39 Å². The molecule has 0 amide bonds. The molecule has 1 atom stereocenters. The molecule has 2 aromatic rings. The molecule has 0 heterocycles. The fourth-order valence-corrected chi connectivity index (χ4v) is 2.16. The molecule has 0 saturated heterocycles. The first-order valence-electron chi connectivity index (χ1n) is 6.30. The van der Waals surface area contributed by atoms with Crippen LogP contribution < -0.4 is 0 Å². The molecule has 2 rings (SSSR count). The number of ether oxygens (including phenoxy) is 1. The Hall–Kier alpha value is -2.41. The lowest BCUT2D eigenvalue weighted by atomic mass is 9.92. The van der Waals surface area contributed by atoms with Gasteiger partial charge >= 0.3 is 11.6 Å². The van der Waals surface area contributed by atoms with Crippen molar-refractivity contribution in [3.05, 3.63) is 47.5 Å². The Morgan fingerprint density at radius 1 is 1.40 bits per heavy atom. The Morgan fingerprint density at radius 3 is 2.75 bits per heavy atom. The van der Waals surface area contributed by atoms with Crippen molar-refractivity contribution >= 4 is 16.7 Å². The number of nitriles is 1. The molecule has 4 heteroatoms. The second-order valence-electron chi connectivity index (χ2n) is 4.51. The first-order chi connectivity index (χ1) is 9.52. The molecule has 20 heavy (non-hydrogen) atoms. The minimum atomic E-state index is -2.77. The van der Waals surface area contributed by atoms with Gasteiger partial charge in [0.05, 0.1) is 6.61 Å². The van der Waals surface area contributed by atoms with E-state index >= 15 is 0 Å². The molecule has 0 N–H and O–H groups in total. The van der Waals surface area contributed by atoms with Gasteiger partial charge in [0.2, 0.25) is 0 Å². The Kier molecular flexibility index (Phi) is 3.71. The Morgan fingerprint density at radius 2 is 2.10 bits per heavy atom. The molecule has 0 unspecified atom stereocenters. The number of aryl methyl sites for hydroxylation is 1. The summed E-state index contributed by atoms with van der Waals surface area (Å²) in [7, 11) is 0. The second-order valence-corrected chi connectivity index (χ2v) is 4.51. The maximum atomic E-state index is 14.7. The summed E-state index contributed by atoms with van der Waals surface area (Å²) in [6, 6.07) is 11.9. The number of hydrogen-bond acceptors (Lipinski definition) is 3. The summed E-state index contributed by atoms with van der Waals surface area (Å²) >= 11 is 0. The molecular formula is C16H14FNO2. The molecule has 2 aromatic carbocycles. The smallest absolute Gasteiger partial charge is 0.363 e. The second kappa shape index (κ2) is 5.30. The van der Waals surface area contributed by atoms with Crippen LogP contribution in [0.5, 0.6) is 0 Å². The van der Waals surface area contributed by atoms with Gasteiger partial charge in [-0.25, -0.2) is 9.18 Å². The third-order valence-corrected chi connectivity index (χ3v) is 3.18. The van der Waals surface area contributed by atoms with Gasteiger partial charge in [0.25, 0.3) is 0 Å². The van der Waals surface area contributed by atoms with Gasteiger partial charge in [-0.15, -0.1) is 0 Å². The number of alkyl halides is 1. The standard InChI is InChI=1S/C16H14FNO2/c1-3-20-15(19)16(17,10-18)13-8-11(2)14-7-5-4-6-12(14)9-13/h4-9H,3H2,1-2H3/t16-/m1/s1. The highest BCUT2D eigenvalue weighted by Gasteiger charge is 2.43. The Bertz CT molecular complexity index is 705. The van der Waals surface area contributed by atoms with E-state index in [9.17, 15) is 9.18 Å². The van der Waals surface area contributed by atoms with Gasteiger partial charge in [-0.1, -0.05) is 30.3 Å². The minimum absolute atomic E-state index is 0.00894. The van der Waals surface area contributed by atoms with Crippen molar-refractivity contribution in [1.29, 1.82) is 5.26 Å². The molecule has 0 radical (unpaired) electrons. The van der Waals surface area contributed by atoms with E-state index in [2.05, 4.69) is 4.74 Å². The van der Waals surface area contributed by atoms with Gasteiger partial charge in [-0.2, -0.15) is 5.26 Å². The molecular weight excluding hydrogens is 257 g/mol. The van der Waals surface area contributed by atoms with Crippen molar-refractivity contribution in [3.63, 3.8) is 0 Å². The van der Waals surface area contributed by atoms with Crippen LogP contribution in [0.3, 0.4) is 0 Å². The molecule has 0 aliphatic carbocycles. The average Bonchev–Trinajstić information content (AvgIpc) is 2.46. The SMILES string of the molecule is CCOC(=O)[C@@](F)(C#N)c1cc(C)c2ccccc2c1. The minimum Gasteiger partial charge on any atom is -0.463 e. The van der Waals surface area contributed by atoms with Crippen molar-refractivity contribution < 1.29 is 13.9 Å². The summed E-state index contributed by atoms with van der Waals surface area (Å²) in [6.45, 7) is 3.41. The molecule has 0 aromatic heterocycles. The molecule has 0 saturated carbocycles. The highest BCUT2D eigenvalue weighted by Crippen LogP contribution is 2.31. The number of fused-ring (bicyclic) bond motifs is 1. The van der Waals surface area contributed by atoms with E-state index in [-0.39, 0.29) is 12.2 Å².